The molecule has 1 fully saturated rings. The standard InChI is InChI=1S/C13H24N2O3/c1-4-8-15(10-6-7-10)13(18)14-11(12(16)17)9(3)5-2/h9-11H,4-8H2,1-3H3,(H,14,18)(H,16,17). The van der Waals surface area contributed by atoms with Crippen LogP contribution in [0.3, 0.4) is 0 Å². The molecule has 5 heteroatoms. The minimum Gasteiger partial charge on any atom is -0.480 e. The highest BCUT2D eigenvalue weighted by atomic mass is 16.4. The van der Waals surface area contributed by atoms with E-state index >= 15 is 0 Å². The lowest BCUT2D eigenvalue weighted by Gasteiger charge is -2.26. The zero-order valence-corrected chi connectivity index (χ0v) is 11.5. The predicted molar refractivity (Wildman–Crippen MR) is 69.4 cm³/mol. The van der Waals surface area contributed by atoms with Gasteiger partial charge in [0, 0.05) is 12.6 Å². The van der Waals surface area contributed by atoms with Crippen molar-refractivity contribution < 1.29 is 14.7 Å². The zero-order chi connectivity index (χ0) is 13.7. The molecule has 1 saturated carbocycles. The van der Waals surface area contributed by atoms with Crippen molar-refractivity contribution in [1.29, 1.82) is 0 Å². The molecule has 0 saturated heterocycles. The Morgan fingerprint density at radius 3 is 2.39 bits per heavy atom. The van der Waals surface area contributed by atoms with Gasteiger partial charge in [0.1, 0.15) is 6.04 Å². The lowest BCUT2D eigenvalue weighted by molar-refractivity contribution is -0.140. The van der Waals surface area contributed by atoms with E-state index in [1.165, 1.54) is 0 Å². The number of aliphatic carboxylic acids is 1. The van der Waals surface area contributed by atoms with Crippen molar-refractivity contribution in [2.45, 2.75) is 58.5 Å². The van der Waals surface area contributed by atoms with Gasteiger partial charge in [0.2, 0.25) is 0 Å². The summed E-state index contributed by atoms with van der Waals surface area (Å²) in [7, 11) is 0. The van der Waals surface area contributed by atoms with Gasteiger partial charge in [-0.3, -0.25) is 0 Å². The highest BCUT2D eigenvalue weighted by Crippen LogP contribution is 2.27. The summed E-state index contributed by atoms with van der Waals surface area (Å²) >= 11 is 0. The highest BCUT2D eigenvalue weighted by molar-refractivity contribution is 5.83. The van der Waals surface area contributed by atoms with Crippen LogP contribution < -0.4 is 5.32 Å². The van der Waals surface area contributed by atoms with E-state index in [0.29, 0.717) is 12.6 Å². The van der Waals surface area contributed by atoms with Crippen LogP contribution in [0.15, 0.2) is 0 Å². The third-order valence-electron chi connectivity index (χ3n) is 3.47. The van der Waals surface area contributed by atoms with Gasteiger partial charge < -0.3 is 15.3 Å². The molecule has 0 spiro atoms. The summed E-state index contributed by atoms with van der Waals surface area (Å²) < 4.78 is 0. The first-order valence-corrected chi connectivity index (χ1v) is 6.81. The van der Waals surface area contributed by atoms with Crippen LogP contribution in [0.2, 0.25) is 0 Å². The Morgan fingerprint density at radius 1 is 1.39 bits per heavy atom. The monoisotopic (exact) mass is 256 g/mol. The molecule has 18 heavy (non-hydrogen) atoms. The average Bonchev–Trinajstić information content (AvgIpc) is 3.15. The lowest BCUT2D eigenvalue weighted by atomic mass is 9.99. The molecule has 0 heterocycles. The van der Waals surface area contributed by atoms with Crippen LogP contribution in [0.4, 0.5) is 4.79 Å². The summed E-state index contributed by atoms with van der Waals surface area (Å²) in [5.74, 6) is -1.01. The van der Waals surface area contributed by atoms with E-state index in [-0.39, 0.29) is 11.9 Å². The topological polar surface area (TPSA) is 69.6 Å². The Kier molecular flexibility index (Phi) is 5.44. The van der Waals surface area contributed by atoms with Gasteiger partial charge in [0.15, 0.2) is 0 Å². The Bertz CT molecular complexity index is 303. The van der Waals surface area contributed by atoms with E-state index in [1.54, 1.807) is 4.90 Å². The van der Waals surface area contributed by atoms with Gasteiger partial charge in [-0.15, -0.1) is 0 Å². The molecule has 2 N–H and O–H groups in total. The number of urea groups is 1. The normalized spacial score (nSPS) is 17.9. The fourth-order valence-electron chi connectivity index (χ4n) is 1.98. The van der Waals surface area contributed by atoms with E-state index in [4.69, 9.17) is 5.11 Å². The molecular formula is C13H24N2O3. The zero-order valence-electron chi connectivity index (χ0n) is 11.5. The maximum atomic E-state index is 12.1. The number of carbonyl (C=O) groups is 2. The Labute approximate surface area is 109 Å². The summed E-state index contributed by atoms with van der Waals surface area (Å²) in [6, 6.07) is -0.705. The van der Waals surface area contributed by atoms with E-state index in [1.807, 2.05) is 20.8 Å². The molecule has 0 bridgehead atoms. The van der Waals surface area contributed by atoms with Gasteiger partial charge in [-0.2, -0.15) is 0 Å². The minimum atomic E-state index is -0.954. The maximum absolute atomic E-state index is 12.1. The first kappa shape index (κ1) is 14.8. The largest absolute Gasteiger partial charge is 0.480 e. The highest BCUT2D eigenvalue weighted by Gasteiger charge is 2.34. The smallest absolute Gasteiger partial charge is 0.326 e. The average molecular weight is 256 g/mol. The molecule has 0 aromatic heterocycles. The van der Waals surface area contributed by atoms with Crippen molar-refractivity contribution >= 4 is 12.0 Å². The van der Waals surface area contributed by atoms with Crippen LogP contribution >= 0.6 is 0 Å². The molecule has 1 rings (SSSR count). The van der Waals surface area contributed by atoms with Gasteiger partial charge in [0.25, 0.3) is 0 Å². The number of carboxylic acid groups (broad SMARTS) is 1. The Hall–Kier alpha value is -1.26. The van der Waals surface area contributed by atoms with E-state index in [0.717, 1.165) is 25.7 Å². The van der Waals surface area contributed by atoms with Gasteiger partial charge in [0.05, 0.1) is 0 Å². The number of amides is 2. The van der Waals surface area contributed by atoms with Crippen molar-refractivity contribution in [3.8, 4) is 0 Å². The number of hydrogen-bond donors (Lipinski definition) is 2. The second-order valence-corrected chi connectivity index (χ2v) is 5.08. The fourth-order valence-corrected chi connectivity index (χ4v) is 1.98. The molecule has 0 aromatic rings. The Balaban J connectivity index is 2.61. The third kappa shape index (κ3) is 3.89. The molecular weight excluding hydrogens is 232 g/mol. The van der Waals surface area contributed by atoms with Crippen LogP contribution in [0, 0.1) is 5.92 Å². The Morgan fingerprint density at radius 2 is 2.00 bits per heavy atom. The fraction of sp³-hybridized carbons (Fsp3) is 0.846. The van der Waals surface area contributed by atoms with E-state index < -0.39 is 12.0 Å². The third-order valence-corrected chi connectivity index (χ3v) is 3.47. The van der Waals surface area contributed by atoms with Crippen LogP contribution in [-0.4, -0.2) is 40.6 Å². The minimum absolute atomic E-state index is 0.0610. The maximum Gasteiger partial charge on any atom is 0.326 e. The predicted octanol–water partition coefficient (Wildman–Crippen LogP) is 2.07. The molecule has 0 aliphatic heterocycles. The number of carbonyl (C=O) groups excluding carboxylic acids is 1. The molecule has 0 aromatic carbocycles. The molecule has 2 unspecified atom stereocenters. The van der Waals surface area contributed by atoms with Crippen molar-refractivity contribution in [2.24, 2.45) is 5.92 Å². The van der Waals surface area contributed by atoms with E-state index in [9.17, 15) is 9.59 Å². The number of hydrogen-bond acceptors (Lipinski definition) is 2. The van der Waals surface area contributed by atoms with Crippen LogP contribution in [0.5, 0.6) is 0 Å². The molecule has 5 nitrogen and oxygen atoms in total. The van der Waals surface area contributed by atoms with E-state index in [2.05, 4.69) is 5.32 Å². The van der Waals surface area contributed by atoms with Crippen LogP contribution in [0.25, 0.3) is 0 Å². The number of rotatable bonds is 7. The van der Waals surface area contributed by atoms with Crippen LogP contribution in [-0.2, 0) is 4.79 Å². The van der Waals surface area contributed by atoms with Crippen molar-refractivity contribution in [2.75, 3.05) is 6.54 Å². The molecule has 0 radical (unpaired) electrons. The number of carboxylic acids is 1. The van der Waals surface area contributed by atoms with Crippen molar-refractivity contribution in [3.63, 3.8) is 0 Å². The SMILES string of the molecule is CCCN(C(=O)NC(C(=O)O)C(C)CC)C1CC1. The molecule has 104 valence electrons. The number of nitrogens with zero attached hydrogens (tertiary/aromatic N) is 1. The first-order chi connectivity index (χ1) is 8.51. The lowest BCUT2D eigenvalue weighted by Crippen LogP contribution is -2.51. The molecule has 1 aliphatic rings. The van der Waals surface area contributed by atoms with Gasteiger partial charge in [-0.05, 0) is 25.2 Å². The summed E-state index contributed by atoms with van der Waals surface area (Å²) in [6.07, 6.45) is 3.70. The summed E-state index contributed by atoms with van der Waals surface area (Å²) in [4.78, 5) is 25.0. The summed E-state index contributed by atoms with van der Waals surface area (Å²) in [6.45, 7) is 6.49. The second-order valence-electron chi connectivity index (χ2n) is 5.08. The molecule has 1 aliphatic carbocycles. The quantitative estimate of drug-likeness (QED) is 0.732. The van der Waals surface area contributed by atoms with Crippen LogP contribution in [0.1, 0.15) is 46.5 Å². The number of nitrogens with one attached hydrogen (secondary N) is 1. The first-order valence-electron chi connectivity index (χ1n) is 6.81. The molecule has 2 atom stereocenters. The second kappa shape index (κ2) is 6.61. The van der Waals surface area contributed by atoms with Gasteiger partial charge in [-0.25, -0.2) is 9.59 Å². The van der Waals surface area contributed by atoms with Crippen molar-refractivity contribution in [1.82, 2.24) is 10.2 Å². The molecule has 2 amide bonds. The summed E-state index contributed by atoms with van der Waals surface area (Å²) in [5.41, 5.74) is 0. The van der Waals surface area contributed by atoms with Gasteiger partial charge in [-0.1, -0.05) is 27.2 Å². The summed E-state index contributed by atoms with van der Waals surface area (Å²) in [5, 5.41) is 11.8. The van der Waals surface area contributed by atoms with Gasteiger partial charge >= 0.3 is 12.0 Å². The van der Waals surface area contributed by atoms with Crippen molar-refractivity contribution in [3.05, 3.63) is 0 Å².